The number of rotatable bonds is 7. The normalized spacial score (nSPS) is 15.4. The Labute approximate surface area is 183 Å². The predicted molar refractivity (Wildman–Crippen MR) is 118 cm³/mol. The maximum Gasteiger partial charge on any atom is 0.259 e. The molecule has 9 heteroatoms. The molecule has 2 aromatic carbocycles. The molecule has 0 saturated carbocycles. The Hall–Kier alpha value is -2.78. The van der Waals surface area contributed by atoms with Crippen LogP contribution < -0.4 is 19.5 Å². The zero-order valence-electron chi connectivity index (χ0n) is 18.2. The van der Waals surface area contributed by atoms with Crippen molar-refractivity contribution in [1.82, 2.24) is 4.31 Å². The van der Waals surface area contributed by atoms with E-state index in [1.54, 1.807) is 18.2 Å². The van der Waals surface area contributed by atoms with Crippen LogP contribution in [0.25, 0.3) is 0 Å². The number of anilines is 1. The highest BCUT2D eigenvalue weighted by Crippen LogP contribution is 2.31. The molecule has 168 valence electrons. The number of benzene rings is 2. The third-order valence-corrected chi connectivity index (χ3v) is 7.35. The number of sulfonamides is 1. The first-order chi connectivity index (χ1) is 14.8. The van der Waals surface area contributed by atoms with Gasteiger partial charge < -0.3 is 19.5 Å². The number of nitrogens with zero attached hydrogens (tertiary/aromatic N) is 1. The molecular formula is C22H28N2O6S. The summed E-state index contributed by atoms with van der Waals surface area (Å²) in [5.74, 6) is 1.26. The van der Waals surface area contributed by atoms with E-state index in [0.717, 1.165) is 12.8 Å². The average molecular weight is 449 g/mol. The molecule has 1 fully saturated rings. The Morgan fingerprint density at radius 1 is 0.968 bits per heavy atom. The van der Waals surface area contributed by atoms with Crippen molar-refractivity contribution in [3.8, 4) is 17.2 Å². The van der Waals surface area contributed by atoms with Crippen molar-refractivity contribution in [3.63, 3.8) is 0 Å². The van der Waals surface area contributed by atoms with Gasteiger partial charge in [-0.1, -0.05) is 6.92 Å². The van der Waals surface area contributed by atoms with Crippen LogP contribution in [0.2, 0.25) is 0 Å². The standard InChI is InChI=1S/C22H28N2O6S/c1-15-9-11-24(12-10-15)31(26,27)17-6-8-20(29-3)18(14-17)22(25)23-19-7-5-16(28-2)13-21(19)30-4/h5-8,13-15H,9-12H2,1-4H3,(H,23,25). The third-order valence-electron chi connectivity index (χ3n) is 5.45. The topological polar surface area (TPSA) is 94.2 Å². The van der Waals surface area contributed by atoms with Crippen molar-refractivity contribution < 1.29 is 27.4 Å². The van der Waals surface area contributed by atoms with Gasteiger partial charge in [0.15, 0.2) is 0 Å². The fourth-order valence-electron chi connectivity index (χ4n) is 3.49. The lowest BCUT2D eigenvalue weighted by Gasteiger charge is -2.29. The first kappa shape index (κ1) is 22.9. The number of ether oxygens (including phenoxy) is 3. The molecule has 1 heterocycles. The molecule has 8 nitrogen and oxygen atoms in total. The smallest absolute Gasteiger partial charge is 0.259 e. The Balaban J connectivity index is 1.91. The molecule has 0 bridgehead atoms. The van der Waals surface area contributed by atoms with E-state index >= 15 is 0 Å². The van der Waals surface area contributed by atoms with Crippen LogP contribution in [0.15, 0.2) is 41.3 Å². The van der Waals surface area contributed by atoms with Gasteiger partial charge in [-0.3, -0.25) is 4.79 Å². The molecule has 0 aliphatic carbocycles. The molecule has 0 spiro atoms. The molecule has 1 amide bonds. The van der Waals surface area contributed by atoms with Gasteiger partial charge in [0.2, 0.25) is 10.0 Å². The maximum absolute atomic E-state index is 13.1. The van der Waals surface area contributed by atoms with E-state index in [0.29, 0.717) is 36.2 Å². The van der Waals surface area contributed by atoms with Crippen molar-refractivity contribution >= 4 is 21.6 Å². The van der Waals surface area contributed by atoms with E-state index in [9.17, 15) is 13.2 Å². The Morgan fingerprint density at radius 2 is 1.65 bits per heavy atom. The van der Waals surface area contributed by atoms with Crippen LogP contribution in [0.4, 0.5) is 5.69 Å². The molecule has 0 unspecified atom stereocenters. The summed E-state index contributed by atoms with van der Waals surface area (Å²) < 4.78 is 43.5. The number of piperidine rings is 1. The van der Waals surface area contributed by atoms with Gasteiger partial charge in [0.05, 0.1) is 37.5 Å². The summed E-state index contributed by atoms with van der Waals surface area (Å²) in [6.07, 6.45) is 1.64. The molecule has 0 atom stereocenters. The number of methoxy groups -OCH3 is 3. The first-order valence-corrected chi connectivity index (χ1v) is 11.5. The minimum atomic E-state index is -3.70. The van der Waals surface area contributed by atoms with Gasteiger partial charge in [0.1, 0.15) is 17.2 Å². The molecule has 0 aromatic heterocycles. The van der Waals surface area contributed by atoms with Gasteiger partial charge >= 0.3 is 0 Å². The molecule has 1 aliphatic heterocycles. The zero-order valence-corrected chi connectivity index (χ0v) is 19.0. The average Bonchev–Trinajstić information content (AvgIpc) is 2.79. The maximum atomic E-state index is 13.1. The summed E-state index contributed by atoms with van der Waals surface area (Å²) >= 11 is 0. The Morgan fingerprint density at radius 3 is 2.26 bits per heavy atom. The minimum Gasteiger partial charge on any atom is -0.497 e. The number of hydrogen-bond donors (Lipinski definition) is 1. The summed E-state index contributed by atoms with van der Waals surface area (Å²) in [6.45, 7) is 3.06. The highest BCUT2D eigenvalue weighted by atomic mass is 32.2. The number of nitrogens with one attached hydrogen (secondary N) is 1. The van der Waals surface area contributed by atoms with Gasteiger partial charge in [-0.2, -0.15) is 4.31 Å². The highest BCUT2D eigenvalue weighted by Gasteiger charge is 2.29. The minimum absolute atomic E-state index is 0.0645. The van der Waals surface area contributed by atoms with E-state index in [1.807, 2.05) is 0 Å². The van der Waals surface area contributed by atoms with E-state index in [-0.39, 0.29) is 16.2 Å². The van der Waals surface area contributed by atoms with Gasteiger partial charge in [0, 0.05) is 19.2 Å². The molecule has 1 saturated heterocycles. The number of carbonyl (C=O) groups is 1. The Kier molecular flexibility index (Phi) is 7.07. The Bertz CT molecular complexity index is 1050. The van der Waals surface area contributed by atoms with Crippen molar-refractivity contribution in [2.24, 2.45) is 5.92 Å². The van der Waals surface area contributed by atoms with Gasteiger partial charge in [-0.15, -0.1) is 0 Å². The lowest BCUT2D eigenvalue weighted by Crippen LogP contribution is -2.37. The van der Waals surface area contributed by atoms with Crippen LogP contribution in [0.5, 0.6) is 17.2 Å². The van der Waals surface area contributed by atoms with E-state index < -0.39 is 15.9 Å². The van der Waals surface area contributed by atoms with Crippen molar-refractivity contribution in [2.45, 2.75) is 24.7 Å². The molecule has 3 rings (SSSR count). The molecule has 1 N–H and O–H groups in total. The van der Waals surface area contributed by atoms with Gasteiger partial charge in [0.25, 0.3) is 5.91 Å². The lowest BCUT2D eigenvalue weighted by atomic mass is 10.0. The monoisotopic (exact) mass is 448 g/mol. The fourth-order valence-corrected chi connectivity index (χ4v) is 4.99. The quantitative estimate of drug-likeness (QED) is 0.698. The largest absolute Gasteiger partial charge is 0.497 e. The number of amides is 1. The van der Waals surface area contributed by atoms with E-state index in [4.69, 9.17) is 14.2 Å². The number of carbonyl (C=O) groups excluding carboxylic acids is 1. The van der Waals surface area contributed by atoms with Gasteiger partial charge in [-0.25, -0.2) is 8.42 Å². The predicted octanol–water partition coefficient (Wildman–Crippen LogP) is 3.39. The fraction of sp³-hybridized carbons (Fsp3) is 0.409. The van der Waals surface area contributed by atoms with Crippen LogP contribution in [0.3, 0.4) is 0 Å². The first-order valence-electron chi connectivity index (χ1n) is 10.0. The van der Waals surface area contributed by atoms with E-state index in [2.05, 4.69) is 12.2 Å². The second kappa shape index (κ2) is 9.57. The highest BCUT2D eigenvalue weighted by molar-refractivity contribution is 7.89. The summed E-state index contributed by atoms with van der Waals surface area (Å²) in [7, 11) is 0.745. The van der Waals surface area contributed by atoms with Crippen LogP contribution in [-0.2, 0) is 10.0 Å². The summed E-state index contributed by atoms with van der Waals surface area (Å²) in [6, 6.07) is 9.31. The van der Waals surface area contributed by atoms with Crippen molar-refractivity contribution in [3.05, 3.63) is 42.0 Å². The summed E-state index contributed by atoms with van der Waals surface area (Å²) in [4.78, 5) is 13.1. The van der Waals surface area contributed by atoms with Crippen LogP contribution in [0.1, 0.15) is 30.1 Å². The second-order valence-corrected chi connectivity index (χ2v) is 9.41. The molecular weight excluding hydrogens is 420 g/mol. The number of hydrogen-bond acceptors (Lipinski definition) is 6. The molecule has 1 aliphatic rings. The van der Waals surface area contributed by atoms with Crippen LogP contribution in [0, 0.1) is 5.92 Å². The SMILES string of the molecule is COc1ccc(NC(=O)c2cc(S(=O)(=O)N3CCC(C)CC3)ccc2OC)c(OC)c1. The summed E-state index contributed by atoms with van der Waals surface area (Å²) in [5, 5.41) is 2.76. The van der Waals surface area contributed by atoms with Crippen LogP contribution in [-0.4, -0.2) is 53.0 Å². The van der Waals surface area contributed by atoms with Crippen molar-refractivity contribution in [2.75, 3.05) is 39.7 Å². The molecule has 2 aromatic rings. The van der Waals surface area contributed by atoms with Gasteiger partial charge in [-0.05, 0) is 49.1 Å². The second-order valence-electron chi connectivity index (χ2n) is 7.47. The zero-order chi connectivity index (χ0) is 22.6. The molecule has 31 heavy (non-hydrogen) atoms. The molecule has 0 radical (unpaired) electrons. The van der Waals surface area contributed by atoms with E-state index in [1.165, 1.54) is 43.8 Å². The lowest BCUT2D eigenvalue weighted by molar-refractivity contribution is 0.102. The third kappa shape index (κ3) is 4.94. The summed E-state index contributed by atoms with van der Waals surface area (Å²) in [5.41, 5.74) is 0.542. The van der Waals surface area contributed by atoms with Crippen molar-refractivity contribution in [1.29, 1.82) is 0 Å². The van der Waals surface area contributed by atoms with Crippen LogP contribution >= 0.6 is 0 Å².